The Balaban J connectivity index is 3.58. The number of hydrogen-bond donors (Lipinski definition) is 0. The second-order valence-corrected chi connectivity index (χ2v) is 4.56. The molecule has 0 radical (unpaired) electrons. The maximum absolute atomic E-state index is 13.8. The van der Waals surface area contributed by atoms with Crippen LogP contribution in [0.3, 0.4) is 0 Å². The third kappa shape index (κ3) is 2.69. The van der Waals surface area contributed by atoms with Crippen molar-refractivity contribution in [2.45, 2.75) is 11.1 Å². The second kappa shape index (κ2) is 5.05. The van der Waals surface area contributed by atoms with Gasteiger partial charge in [-0.05, 0) is 12.1 Å². The number of carbonyl (C=O) groups is 1. The molecule has 0 fully saturated rings. The molecule has 1 aromatic rings. The fraction of sp³-hybridized carbons (Fsp3) is 0.300. The van der Waals surface area contributed by atoms with E-state index in [1.54, 1.807) is 0 Å². The van der Waals surface area contributed by atoms with Gasteiger partial charge in [0.25, 0.3) is 0 Å². The summed E-state index contributed by atoms with van der Waals surface area (Å²) in [6.07, 6.45) is -3.95. The highest BCUT2D eigenvalue weighted by atomic mass is 32.2. The number of esters is 1. The quantitative estimate of drug-likeness (QED) is 0.618. The molecule has 0 aromatic heterocycles. The van der Waals surface area contributed by atoms with E-state index in [1.165, 1.54) is 0 Å². The van der Waals surface area contributed by atoms with E-state index in [2.05, 4.69) is 4.74 Å². The van der Waals surface area contributed by atoms with Crippen molar-refractivity contribution in [1.82, 2.24) is 0 Å². The van der Waals surface area contributed by atoms with Gasteiger partial charge >= 0.3 is 12.1 Å². The topological polar surface area (TPSA) is 43.4 Å². The van der Waals surface area contributed by atoms with Gasteiger partial charge in [-0.2, -0.15) is 13.2 Å². The molecule has 3 nitrogen and oxygen atoms in total. The Morgan fingerprint density at radius 1 is 1.33 bits per heavy atom. The van der Waals surface area contributed by atoms with E-state index in [0.29, 0.717) is 12.1 Å². The molecule has 1 rings (SSSR count). The van der Waals surface area contributed by atoms with E-state index >= 15 is 0 Å². The average Bonchev–Trinajstić information content (AvgIpc) is 2.25. The van der Waals surface area contributed by atoms with Gasteiger partial charge in [-0.25, -0.2) is 9.18 Å². The summed E-state index contributed by atoms with van der Waals surface area (Å²) in [6.45, 7) is 0. The zero-order valence-electron chi connectivity index (χ0n) is 9.30. The van der Waals surface area contributed by atoms with Gasteiger partial charge in [-0.15, -0.1) is 0 Å². The zero-order chi connectivity index (χ0) is 14.1. The molecular formula is C10H8F4O3S. The minimum Gasteiger partial charge on any atom is -0.465 e. The van der Waals surface area contributed by atoms with Gasteiger partial charge in [0.15, 0.2) is 5.82 Å². The van der Waals surface area contributed by atoms with E-state index < -0.39 is 44.8 Å². The Morgan fingerprint density at radius 3 is 2.28 bits per heavy atom. The molecule has 0 aliphatic rings. The maximum Gasteiger partial charge on any atom is 0.417 e. The van der Waals surface area contributed by atoms with Crippen LogP contribution in [0.15, 0.2) is 17.0 Å². The highest BCUT2D eigenvalue weighted by molar-refractivity contribution is 7.84. The average molecular weight is 284 g/mol. The van der Waals surface area contributed by atoms with Crippen LogP contribution >= 0.6 is 0 Å². The van der Waals surface area contributed by atoms with Gasteiger partial charge in [0.1, 0.15) is 0 Å². The van der Waals surface area contributed by atoms with Crippen LogP contribution in [0.2, 0.25) is 0 Å². The molecule has 0 spiro atoms. The summed E-state index contributed by atoms with van der Waals surface area (Å²) in [7, 11) is -1.27. The number of alkyl halides is 3. The molecule has 0 saturated carbocycles. The Bertz CT molecular complexity index is 511. The molecule has 1 aromatic carbocycles. The second-order valence-electron chi connectivity index (χ2n) is 3.25. The Labute approximate surface area is 102 Å². The fourth-order valence-corrected chi connectivity index (χ4v) is 2.18. The van der Waals surface area contributed by atoms with E-state index in [4.69, 9.17) is 0 Å². The summed E-state index contributed by atoms with van der Waals surface area (Å²) in [5.41, 5.74) is -2.05. The summed E-state index contributed by atoms with van der Waals surface area (Å²) in [5, 5.41) is 0. The summed E-state index contributed by atoms with van der Waals surface area (Å²) >= 11 is 0. The van der Waals surface area contributed by atoms with Gasteiger partial charge in [0.05, 0.1) is 33.9 Å². The van der Waals surface area contributed by atoms with Crippen molar-refractivity contribution in [3.05, 3.63) is 29.1 Å². The van der Waals surface area contributed by atoms with Gasteiger partial charge in [-0.3, -0.25) is 4.21 Å². The van der Waals surface area contributed by atoms with Crippen LogP contribution in [0.4, 0.5) is 17.6 Å². The van der Waals surface area contributed by atoms with Crippen molar-refractivity contribution in [2.24, 2.45) is 0 Å². The molecule has 1 unspecified atom stereocenters. The smallest absolute Gasteiger partial charge is 0.417 e. The first-order valence-corrected chi connectivity index (χ1v) is 6.07. The maximum atomic E-state index is 13.8. The van der Waals surface area contributed by atoms with Gasteiger partial charge in [0.2, 0.25) is 0 Å². The molecule has 0 amide bonds. The Kier molecular flexibility index (Phi) is 4.10. The fourth-order valence-electron chi connectivity index (χ4n) is 1.33. The van der Waals surface area contributed by atoms with Crippen molar-refractivity contribution in [1.29, 1.82) is 0 Å². The largest absolute Gasteiger partial charge is 0.465 e. The van der Waals surface area contributed by atoms with Crippen LogP contribution in [0.25, 0.3) is 0 Å². The van der Waals surface area contributed by atoms with E-state index in [9.17, 15) is 26.6 Å². The molecule has 0 aliphatic heterocycles. The number of rotatable bonds is 2. The number of halogens is 4. The number of benzene rings is 1. The molecule has 0 heterocycles. The van der Waals surface area contributed by atoms with Crippen LogP contribution in [0.5, 0.6) is 0 Å². The van der Waals surface area contributed by atoms with Crippen LogP contribution in [0, 0.1) is 5.82 Å². The first-order chi connectivity index (χ1) is 8.20. The van der Waals surface area contributed by atoms with Crippen molar-refractivity contribution in [2.75, 3.05) is 13.4 Å². The first-order valence-electron chi connectivity index (χ1n) is 4.51. The number of methoxy groups -OCH3 is 1. The van der Waals surface area contributed by atoms with Crippen molar-refractivity contribution < 1.29 is 31.3 Å². The van der Waals surface area contributed by atoms with Gasteiger partial charge in [0, 0.05) is 6.26 Å². The number of hydrogen-bond acceptors (Lipinski definition) is 3. The third-order valence-electron chi connectivity index (χ3n) is 2.10. The molecule has 0 saturated heterocycles. The third-order valence-corrected chi connectivity index (χ3v) is 3.07. The van der Waals surface area contributed by atoms with Crippen molar-refractivity contribution in [3.8, 4) is 0 Å². The molecule has 100 valence electrons. The van der Waals surface area contributed by atoms with Gasteiger partial charge < -0.3 is 4.74 Å². The van der Waals surface area contributed by atoms with Crippen LogP contribution in [-0.2, 0) is 21.7 Å². The summed E-state index contributed by atoms with van der Waals surface area (Å²) < 4.78 is 67.0. The molecule has 1 atom stereocenters. The highest BCUT2D eigenvalue weighted by Crippen LogP contribution is 2.35. The highest BCUT2D eigenvalue weighted by Gasteiger charge is 2.37. The molecule has 0 aliphatic carbocycles. The molecule has 18 heavy (non-hydrogen) atoms. The van der Waals surface area contributed by atoms with Crippen LogP contribution in [0.1, 0.15) is 15.9 Å². The molecule has 8 heteroatoms. The van der Waals surface area contributed by atoms with E-state index in [-0.39, 0.29) is 0 Å². The summed E-state index contributed by atoms with van der Waals surface area (Å²) in [6, 6.07) is 1.16. The lowest BCUT2D eigenvalue weighted by atomic mass is 10.1. The first kappa shape index (κ1) is 14.6. The minimum absolute atomic E-state index is 0.506. The lowest BCUT2D eigenvalue weighted by molar-refractivity contribution is -0.140. The number of ether oxygens (including phenoxy) is 1. The summed E-state index contributed by atoms with van der Waals surface area (Å²) in [5.74, 6) is -2.61. The minimum atomic E-state index is -4.85. The van der Waals surface area contributed by atoms with E-state index in [0.717, 1.165) is 13.4 Å². The van der Waals surface area contributed by atoms with Crippen LogP contribution < -0.4 is 0 Å². The lowest BCUT2D eigenvalue weighted by Crippen LogP contribution is -2.15. The van der Waals surface area contributed by atoms with Crippen LogP contribution in [-0.4, -0.2) is 23.5 Å². The van der Waals surface area contributed by atoms with Gasteiger partial charge in [-0.1, -0.05) is 0 Å². The Morgan fingerprint density at radius 2 is 1.89 bits per heavy atom. The van der Waals surface area contributed by atoms with E-state index in [1.807, 2.05) is 0 Å². The summed E-state index contributed by atoms with van der Waals surface area (Å²) in [4.78, 5) is 10.1. The normalized spacial score (nSPS) is 13.2. The Hall–Kier alpha value is -1.44. The predicted molar refractivity (Wildman–Crippen MR) is 55.1 cm³/mol. The molecule has 0 N–H and O–H groups in total. The standard InChI is InChI=1S/C10H8F4O3S/c1-17-9(15)5-3-4-6(10(12,13)14)8(7(5)11)18(2)16/h3-4H,1-2H3. The molecule has 0 bridgehead atoms. The van der Waals surface area contributed by atoms with Crippen molar-refractivity contribution in [3.63, 3.8) is 0 Å². The molecular weight excluding hydrogens is 276 g/mol. The SMILES string of the molecule is COC(=O)c1ccc(C(F)(F)F)c(S(C)=O)c1F. The number of carbonyl (C=O) groups excluding carboxylic acids is 1. The predicted octanol–water partition coefficient (Wildman–Crippen LogP) is 2.37. The van der Waals surface area contributed by atoms with Crippen molar-refractivity contribution >= 4 is 16.8 Å². The zero-order valence-corrected chi connectivity index (χ0v) is 10.1. The monoisotopic (exact) mass is 284 g/mol. The lowest BCUT2D eigenvalue weighted by Gasteiger charge is -2.13.